The summed E-state index contributed by atoms with van der Waals surface area (Å²) >= 11 is 0. The second-order valence-corrected chi connectivity index (χ2v) is 24.3. The quantitative estimate of drug-likeness (QED) is 0.0289. The van der Waals surface area contributed by atoms with E-state index in [1.54, 1.807) is 6.08 Å². The molecule has 23 nitrogen and oxygen atoms in total. The Hall–Kier alpha value is -2.53. The van der Waals surface area contributed by atoms with E-state index in [4.69, 9.17) is 28.4 Å². The molecule has 86 heavy (non-hydrogen) atoms. The van der Waals surface area contributed by atoms with E-state index in [0.717, 1.165) is 51.9 Å². The standard InChI is InChI=1S/C63H116N2O21/c1-4-6-8-10-12-14-16-18-19-20-21-22-23-25-27-29-31-33-35-37-50(73)65-44(45(70)36-34-32-30-28-26-24-17-15-13-11-9-7-5-2)42-81-60-55(77)54(76)57(49(41-68)83-60)84-61-56(78)59(53(75)48(40-67)82-61)86-63(62(79)80)38-46(71)51(64-43(3)69)58(85-63)52(74)47(72)39-66/h34,36,44-49,51-61,66-68,70-72,74-78H,4-33,35,37-42H2,1-3H3,(H,64,69)(H,65,73)(H,79,80)/b36-34+/t44-,45+,46-,47+,48+,49+,51+,52+,53-,54+,55?,56+,57+,58?,59-,60+,61-,63-/m0/s1. The normalized spacial score (nSPS) is 29.4. The molecule has 18 atom stereocenters. The predicted molar refractivity (Wildman–Crippen MR) is 320 cm³/mol. The highest BCUT2D eigenvalue weighted by molar-refractivity contribution is 5.77. The number of nitrogens with one attached hydrogen (secondary N) is 2. The molecule has 504 valence electrons. The van der Waals surface area contributed by atoms with Crippen molar-refractivity contribution in [3.8, 4) is 0 Å². The molecule has 3 saturated heterocycles. The minimum Gasteiger partial charge on any atom is -0.477 e. The van der Waals surface area contributed by atoms with Crippen LogP contribution in [-0.4, -0.2) is 215 Å². The monoisotopic (exact) mass is 1240 g/mol. The van der Waals surface area contributed by atoms with Crippen LogP contribution in [0.1, 0.15) is 233 Å². The van der Waals surface area contributed by atoms with E-state index < -0.39 is 155 Å². The Morgan fingerprint density at radius 2 is 1.08 bits per heavy atom. The van der Waals surface area contributed by atoms with Crippen LogP contribution in [0.3, 0.4) is 0 Å². The fourth-order valence-corrected chi connectivity index (χ4v) is 11.6. The molecule has 3 heterocycles. The molecular formula is C63H116N2O21. The molecule has 0 aromatic heterocycles. The van der Waals surface area contributed by atoms with E-state index in [1.807, 2.05) is 6.08 Å². The molecule has 3 aliphatic rings. The van der Waals surface area contributed by atoms with E-state index in [9.17, 15) is 75.7 Å². The highest BCUT2D eigenvalue weighted by Gasteiger charge is 2.60. The number of carboxylic acid groups (broad SMARTS) is 1. The van der Waals surface area contributed by atoms with Crippen molar-refractivity contribution in [2.24, 2.45) is 0 Å². The molecule has 0 saturated carbocycles. The van der Waals surface area contributed by atoms with E-state index in [0.29, 0.717) is 12.8 Å². The van der Waals surface area contributed by atoms with Gasteiger partial charge in [0.2, 0.25) is 11.8 Å². The van der Waals surface area contributed by atoms with Crippen LogP contribution in [0.5, 0.6) is 0 Å². The van der Waals surface area contributed by atoms with Gasteiger partial charge in [-0.3, -0.25) is 9.59 Å². The van der Waals surface area contributed by atoms with Crippen LogP contribution in [0.2, 0.25) is 0 Å². The fraction of sp³-hybridized carbons (Fsp3) is 0.921. The van der Waals surface area contributed by atoms with Gasteiger partial charge >= 0.3 is 5.97 Å². The van der Waals surface area contributed by atoms with Gasteiger partial charge in [0.1, 0.15) is 67.1 Å². The minimum atomic E-state index is -3.08. The maximum absolute atomic E-state index is 13.4. The maximum atomic E-state index is 13.4. The van der Waals surface area contributed by atoms with E-state index in [-0.39, 0.29) is 12.3 Å². The topological polar surface area (TPSA) is 373 Å². The lowest BCUT2D eigenvalue weighted by molar-refractivity contribution is -0.386. The zero-order chi connectivity index (χ0) is 63.3. The van der Waals surface area contributed by atoms with Crippen LogP contribution in [0, 0.1) is 0 Å². The summed E-state index contributed by atoms with van der Waals surface area (Å²) in [5, 5.41) is 136. The van der Waals surface area contributed by atoms with Crippen molar-refractivity contribution in [3.05, 3.63) is 12.2 Å². The van der Waals surface area contributed by atoms with Gasteiger partial charge in [0.15, 0.2) is 12.6 Å². The first kappa shape index (κ1) is 77.7. The summed E-state index contributed by atoms with van der Waals surface area (Å²) in [5.41, 5.74) is 0. The van der Waals surface area contributed by atoms with Crippen LogP contribution >= 0.6 is 0 Å². The van der Waals surface area contributed by atoms with Gasteiger partial charge in [-0.05, 0) is 19.3 Å². The van der Waals surface area contributed by atoms with Crippen molar-refractivity contribution >= 4 is 17.8 Å². The van der Waals surface area contributed by atoms with Gasteiger partial charge in [-0.1, -0.05) is 206 Å². The van der Waals surface area contributed by atoms with Gasteiger partial charge in [0.05, 0.1) is 50.7 Å². The lowest BCUT2D eigenvalue weighted by Crippen LogP contribution is -2.70. The molecule has 14 N–H and O–H groups in total. The first-order valence-electron chi connectivity index (χ1n) is 33.1. The summed E-state index contributed by atoms with van der Waals surface area (Å²) in [5.74, 6) is -6.14. The Bertz CT molecular complexity index is 1810. The number of rotatable bonds is 49. The van der Waals surface area contributed by atoms with Gasteiger partial charge in [-0.15, -0.1) is 0 Å². The third-order valence-corrected chi connectivity index (χ3v) is 17.0. The van der Waals surface area contributed by atoms with Gasteiger partial charge in [0, 0.05) is 19.8 Å². The molecule has 2 unspecified atom stereocenters. The number of aliphatic carboxylic acids is 1. The van der Waals surface area contributed by atoms with Crippen LogP contribution < -0.4 is 10.6 Å². The Kier molecular flexibility index (Phi) is 40.5. The van der Waals surface area contributed by atoms with E-state index in [2.05, 4.69) is 24.5 Å². The number of allylic oxidation sites excluding steroid dienone is 1. The number of carbonyl (C=O) groups is 3. The van der Waals surface area contributed by atoms with Gasteiger partial charge < -0.3 is 100 Å². The van der Waals surface area contributed by atoms with Crippen molar-refractivity contribution in [1.29, 1.82) is 0 Å². The Labute approximate surface area is 511 Å². The number of unbranched alkanes of at least 4 members (excludes halogenated alkanes) is 29. The van der Waals surface area contributed by atoms with E-state index >= 15 is 0 Å². The summed E-state index contributed by atoms with van der Waals surface area (Å²) in [6.45, 7) is 2.12. The van der Waals surface area contributed by atoms with Crippen LogP contribution in [0.25, 0.3) is 0 Å². The molecular weight excluding hydrogens is 1120 g/mol. The van der Waals surface area contributed by atoms with Crippen LogP contribution in [0.15, 0.2) is 12.2 Å². The minimum absolute atomic E-state index is 0.205. The van der Waals surface area contributed by atoms with Crippen molar-refractivity contribution in [2.45, 2.75) is 342 Å². The maximum Gasteiger partial charge on any atom is 0.364 e. The summed E-state index contributed by atoms with van der Waals surface area (Å²) in [6.07, 6.45) is 11.2. The number of hydrogen-bond acceptors (Lipinski definition) is 20. The summed E-state index contributed by atoms with van der Waals surface area (Å²) in [4.78, 5) is 38.5. The highest BCUT2D eigenvalue weighted by atomic mass is 16.8. The van der Waals surface area contributed by atoms with Gasteiger partial charge in [-0.2, -0.15) is 0 Å². The lowest BCUT2D eigenvalue weighted by Gasteiger charge is -2.50. The van der Waals surface area contributed by atoms with Crippen LogP contribution in [0.4, 0.5) is 0 Å². The Morgan fingerprint density at radius 1 is 0.605 bits per heavy atom. The third-order valence-electron chi connectivity index (χ3n) is 17.0. The molecule has 3 aliphatic heterocycles. The molecule has 23 heteroatoms. The Balaban J connectivity index is 1.62. The summed E-state index contributed by atoms with van der Waals surface area (Å²) < 4.78 is 34.7. The second-order valence-electron chi connectivity index (χ2n) is 24.3. The smallest absolute Gasteiger partial charge is 0.364 e. The molecule has 0 radical (unpaired) electrons. The fourth-order valence-electron chi connectivity index (χ4n) is 11.6. The number of hydrogen-bond donors (Lipinski definition) is 14. The average Bonchev–Trinajstić information content (AvgIpc) is 1.37. The van der Waals surface area contributed by atoms with Crippen LogP contribution in [-0.2, 0) is 42.8 Å². The van der Waals surface area contributed by atoms with Crippen molar-refractivity contribution in [2.75, 3.05) is 26.4 Å². The predicted octanol–water partition coefficient (Wildman–Crippen LogP) is 4.73. The third kappa shape index (κ3) is 27.9. The zero-order valence-corrected chi connectivity index (χ0v) is 52.2. The Morgan fingerprint density at radius 3 is 1.55 bits per heavy atom. The highest BCUT2D eigenvalue weighted by Crippen LogP contribution is 2.38. The first-order valence-corrected chi connectivity index (χ1v) is 33.1. The largest absolute Gasteiger partial charge is 0.477 e. The number of ether oxygens (including phenoxy) is 6. The number of carboxylic acids is 1. The summed E-state index contributed by atoms with van der Waals surface area (Å²) in [7, 11) is 0. The SMILES string of the molecule is CCCCCCCCCCCCC/C=C/[C@@H](O)[C@H](CO[C@@H]1O[C@H](CO)[C@@H](O[C@@H]2O[C@H](CO)[C@H](O)[C@H](O[C@]3(C(=O)O)C[C@H](O)[C@@H](NC(C)=O)C([C@H](O)[C@H](O)CO)O3)[C@H]2O)[C@H](O)C1O)NC(=O)CCCCCCCCCCCCCCCCCCCCC. The van der Waals surface area contributed by atoms with E-state index in [1.165, 1.54) is 141 Å². The molecule has 0 spiro atoms. The molecule has 0 aromatic carbocycles. The molecule has 0 bridgehead atoms. The molecule has 3 rings (SSSR count). The zero-order valence-electron chi connectivity index (χ0n) is 52.2. The van der Waals surface area contributed by atoms with Crippen molar-refractivity contribution in [3.63, 3.8) is 0 Å². The summed E-state index contributed by atoms with van der Waals surface area (Å²) in [6, 6.07) is -2.61. The number of amides is 2. The van der Waals surface area contributed by atoms with Crippen molar-refractivity contribution in [1.82, 2.24) is 10.6 Å². The average molecular weight is 1240 g/mol. The number of carbonyl (C=O) groups excluding carboxylic acids is 2. The first-order chi connectivity index (χ1) is 41.4. The molecule has 0 aliphatic carbocycles. The van der Waals surface area contributed by atoms with Gasteiger partial charge in [-0.25, -0.2) is 4.79 Å². The van der Waals surface area contributed by atoms with Gasteiger partial charge in [0.25, 0.3) is 5.79 Å². The number of aliphatic hydroxyl groups is 11. The molecule has 2 amide bonds. The van der Waals surface area contributed by atoms with Crippen molar-refractivity contribution < 1.29 is 104 Å². The number of aliphatic hydroxyl groups excluding tert-OH is 11. The molecule has 0 aromatic rings. The second kappa shape index (κ2) is 44.9. The molecule has 3 fully saturated rings. The lowest BCUT2D eigenvalue weighted by atomic mass is 9.88.